The summed E-state index contributed by atoms with van der Waals surface area (Å²) in [6.45, 7) is 3.85. The number of fused-ring (bicyclic) bond motifs is 1. The summed E-state index contributed by atoms with van der Waals surface area (Å²) in [5, 5.41) is 10.2. The fourth-order valence-electron chi connectivity index (χ4n) is 1.75. The first-order valence-electron chi connectivity index (χ1n) is 5.55. The zero-order chi connectivity index (χ0) is 13.4. The van der Waals surface area contributed by atoms with E-state index in [1.54, 1.807) is 0 Å². The van der Waals surface area contributed by atoms with Crippen LogP contribution in [0.3, 0.4) is 0 Å². The number of hydrogen-bond donors (Lipinski definition) is 2. The van der Waals surface area contributed by atoms with Gasteiger partial charge in [0.15, 0.2) is 0 Å². The van der Waals surface area contributed by atoms with Crippen molar-refractivity contribution in [3.63, 3.8) is 0 Å². The van der Waals surface area contributed by atoms with Crippen molar-refractivity contribution in [3.05, 3.63) is 30.2 Å². The molecule has 0 aliphatic rings. The maximum Gasteiger partial charge on any atom is 0.329 e. The van der Waals surface area contributed by atoms with E-state index in [4.69, 9.17) is 0 Å². The van der Waals surface area contributed by atoms with Gasteiger partial charge < -0.3 is 5.11 Å². The minimum Gasteiger partial charge on any atom is -0.391 e. The lowest BCUT2D eigenvalue weighted by Crippen LogP contribution is -2.33. The molecule has 0 fully saturated rings. The van der Waals surface area contributed by atoms with Gasteiger partial charge in [-0.3, -0.25) is 14.3 Å². The molecule has 0 aliphatic heterocycles. The van der Waals surface area contributed by atoms with Crippen LogP contribution in [-0.4, -0.2) is 20.8 Å². The number of aromatic amines is 1. The van der Waals surface area contributed by atoms with E-state index in [-0.39, 0.29) is 12.1 Å². The second-order valence-corrected chi connectivity index (χ2v) is 6.43. The van der Waals surface area contributed by atoms with Gasteiger partial charge >= 0.3 is 5.69 Å². The van der Waals surface area contributed by atoms with Gasteiger partial charge in [0.25, 0.3) is 5.56 Å². The summed E-state index contributed by atoms with van der Waals surface area (Å²) in [5.41, 5.74) is -0.0403. The first kappa shape index (κ1) is 13.5. The normalized spacial score (nSPS) is 13.1. The zero-order valence-corrected chi connectivity index (χ0v) is 12.4. The predicted molar refractivity (Wildman–Crippen MR) is 75.4 cm³/mol. The summed E-state index contributed by atoms with van der Waals surface area (Å²) >= 11 is 4.71. The monoisotopic (exact) mass is 332 g/mol. The Bertz CT molecular complexity index is 701. The molecule has 2 aromatic heterocycles. The second kappa shape index (κ2) is 4.99. The molecule has 0 aliphatic carbocycles. The molecular formula is C11H13BrN2O3S. The standard InChI is InChI=1S/C11H13BrN2O3S/c1-3-6(15)4-14-10-7(5(2)8(12)18-10)9(16)13-11(14)17/h6,15H,3-4H2,1-2H3,(H,13,16,17)/t6-/m0/s1. The highest BCUT2D eigenvalue weighted by atomic mass is 79.9. The average Bonchev–Trinajstić information content (AvgIpc) is 2.61. The lowest BCUT2D eigenvalue weighted by molar-refractivity contribution is 0.150. The Morgan fingerprint density at radius 2 is 2.17 bits per heavy atom. The third-order valence-corrected chi connectivity index (χ3v) is 5.06. The summed E-state index contributed by atoms with van der Waals surface area (Å²) in [4.78, 5) is 26.5. The molecule has 5 nitrogen and oxygen atoms in total. The molecule has 18 heavy (non-hydrogen) atoms. The first-order valence-corrected chi connectivity index (χ1v) is 7.16. The molecule has 2 rings (SSSR count). The Balaban J connectivity index is 2.77. The average molecular weight is 333 g/mol. The molecule has 0 saturated heterocycles. The number of thiophene rings is 1. The van der Waals surface area contributed by atoms with Crippen LogP contribution in [0.4, 0.5) is 0 Å². The first-order chi connectivity index (χ1) is 8.45. The maximum absolute atomic E-state index is 11.8. The van der Waals surface area contributed by atoms with Gasteiger partial charge in [-0.2, -0.15) is 0 Å². The lowest BCUT2D eigenvalue weighted by atomic mass is 10.2. The van der Waals surface area contributed by atoms with Crippen LogP contribution in [0.25, 0.3) is 10.2 Å². The van der Waals surface area contributed by atoms with E-state index >= 15 is 0 Å². The number of aryl methyl sites for hydroxylation is 1. The van der Waals surface area contributed by atoms with E-state index in [1.807, 2.05) is 13.8 Å². The molecule has 0 radical (unpaired) electrons. The van der Waals surface area contributed by atoms with Crippen molar-refractivity contribution in [1.29, 1.82) is 0 Å². The Hall–Kier alpha value is -0.920. The highest BCUT2D eigenvalue weighted by Gasteiger charge is 2.16. The van der Waals surface area contributed by atoms with Crippen molar-refractivity contribution in [3.8, 4) is 0 Å². The number of aliphatic hydroxyl groups excluding tert-OH is 1. The molecule has 1 atom stereocenters. The minimum absolute atomic E-state index is 0.189. The number of aliphatic hydroxyl groups is 1. The molecule has 2 heterocycles. The van der Waals surface area contributed by atoms with Gasteiger partial charge in [-0.1, -0.05) is 6.92 Å². The maximum atomic E-state index is 11.8. The molecule has 98 valence electrons. The summed E-state index contributed by atoms with van der Waals surface area (Å²) < 4.78 is 2.25. The third-order valence-electron chi connectivity index (χ3n) is 2.87. The number of halogens is 1. The van der Waals surface area contributed by atoms with Gasteiger partial charge in [-0.05, 0) is 34.8 Å². The number of H-pyrrole nitrogens is 1. The Labute approximate surface area is 115 Å². The molecule has 7 heteroatoms. The van der Waals surface area contributed by atoms with Crippen molar-refractivity contribution in [2.24, 2.45) is 0 Å². The van der Waals surface area contributed by atoms with E-state index in [9.17, 15) is 14.7 Å². The number of rotatable bonds is 3. The van der Waals surface area contributed by atoms with E-state index in [0.717, 1.165) is 9.35 Å². The highest BCUT2D eigenvalue weighted by Crippen LogP contribution is 2.31. The molecule has 0 bridgehead atoms. The van der Waals surface area contributed by atoms with Crippen molar-refractivity contribution < 1.29 is 5.11 Å². The third kappa shape index (κ3) is 2.17. The summed E-state index contributed by atoms with van der Waals surface area (Å²) in [5.74, 6) is 0. The molecule has 0 amide bonds. The van der Waals surface area contributed by atoms with E-state index < -0.39 is 11.8 Å². The second-order valence-electron chi connectivity index (χ2n) is 4.11. The van der Waals surface area contributed by atoms with Gasteiger partial charge in [0, 0.05) is 0 Å². The number of nitrogens with zero attached hydrogens (tertiary/aromatic N) is 1. The van der Waals surface area contributed by atoms with Crippen LogP contribution >= 0.6 is 27.3 Å². The minimum atomic E-state index is -0.599. The van der Waals surface area contributed by atoms with E-state index in [2.05, 4.69) is 20.9 Å². The molecule has 0 saturated carbocycles. The molecule has 2 N–H and O–H groups in total. The highest BCUT2D eigenvalue weighted by molar-refractivity contribution is 9.11. The van der Waals surface area contributed by atoms with Crippen molar-refractivity contribution in [1.82, 2.24) is 9.55 Å². The van der Waals surface area contributed by atoms with Gasteiger partial charge in [-0.15, -0.1) is 11.3 Å². The molecule has 0 spiro atoms. The van der Waals surface area contributed by atoms with Crippen LogP contribution in [0, 0.1) is 6.92 Å². The van der Waals surface area contributed by atoms with Crippen LogP contribution in [0.1, 0.15) is 18.9 Å². The predicted octanol–water partition coefficient (Wildman–Crippen LogP) is 1.59. The van der Waals surface area contributed by atoms with Crippen LogP contribution in [0.2, 0.25) is 0 Å². The summed E-state index contributed by atoms with van der Waals surface area (Å²) in [6.07, 6.45) is -0.0449. The quantitative estimate of drug-likeness (QED) is 0.896. The SMILES string of the molecule is CC[C@H](O)Cn1c(=O)[nH]c(=O)c2c(C)c(Br)sc21. The van der Waals surface area contributed by atoms with Crippen molar-refractivity contribution >= 4 is 37.5 Å². The fourth-order valence-corrected chi connectivity index (χ4v) is 3.45. The smallest absolute Gasteiger partial charge is 0.329 e. The molecule has 0 unspecified atom stereocenters. The summed E-state index contributed by atoms with van der Waals surface area (Å²) in [6, 6.07) is 0. The van der Waals surface area contributed by atoms with Gasteiger partial charge in [0.2, 0.25) is 0 Å². The largest absolute Gasteiger partial charge is 0.391 e. The number of hydrogen-bond acceptors (Lipinski definition) is 4. The van der Waals surface area contributed by atoms with E-state index in [0.29, 0.717) is 16.6 Å². The van der Waals surface area contributed by atoms with Crippen LogP contribution < -0.4 is 11.2 Å². The lowest BCUT2D eigenvalue weighted by Gasteiger charge is -2.10. The van der Waals surface area contributed by atoms with Crippen LogP contribution in [0.5, 0.6) is 0 Å². The van der Waals surface area contributed by atoms with Crippen LogP contribution in [-0.2, 0) is 6.54 Å². The van der Waals surface area contributed by atoms with Crippen molar-refractivity contribution in [2.45, 2.75) is 32.9 Å². The van der Waals surface area contributed by atoms with E-state index in [1.165, 1.54) is 15.9 Å². The van der Waals surface area contributed by atoms with Gasteiger partial charge in [0.1, 0.15) is 4.83 Å². The zero-order valence-electron chi connectivity index (χ0n) is 9.99. The Morgan fingerprint density at radius 3 is 2.78 bits per heavy atom. The van der Waals surface area contributed by atoms with Crippen LogP contribution in [0.15, 0.2) is 13.4 Å². The Kier molecular flexibility index (Phi) is 3.74. The number of aromatic nitrogens is 2. The fraction of sp³-hybridized carbons (Fsp3) is 0.455. The topological polar surface area (TPSA) is 75.1 Å². The molecule has 0 aromatic carbocycles. The van der Waals surface area contributed by atoms with Gasteiger partial charge in [0.05, 0.1) is 21.8 Å². The Morgan fingerprint density at radius 1 is 1.50 bits per heavy atom. The molecular weight excluding hydrogens is 320 g/mol. The van der Waals surface area contributed by atoms with Crippen molar-refractivity contribution in [2.75, 3.05) is 0 Å². The number of nitrogens with one attached hydrogen (secondary N) is 1. The van der Waals surface area contributed by atoms with Gasteiger partial charge in [-0.25, -0.2) is 4.79 Å². The summed E-state index contributed by atoms with van der Waals surface area (Å²) in [7, 11) is 0. The molecule has 2 aromatic rings.